The monoisotopic (exact) mass is 360 g/mol. The van der Waals surface area contributed by atoms with Gasteiger partial charge in [0, 0.05) is 31.4 Å². The number of hydrogen-bond acceptors (Lipinski definition) is 1. The van der Waals surface area contributed by atoms with Gasteiger partial charge in [0.05, 0.1) is 0 Å². The molecular formula is C25H32N2. The highest BCUT2D eigenvalue weighted by Crippen LogP contribution is 2.35. The van der Waals surface area contributed by atoms with Gasteiger partial charge >= 0.3 is 0 Å². The second kappa shape index (κ2) is 6.83. The Balaban J connectivity index is 1.75. The van der Waals surface area contributed by atoms with E-state index in [4.69, 9.17) is 0 Å². The number of aryl methyl sites for hydroxylation is 1. The van der Waals surface area contributed by atoms with Gasteiger partial charge < -0.3 is 9.88 Å². The molecule has 2 aromatic carbocycles. The SMILES string of the molecule is CC(C)c1cc(CC(C)(C)c2cccc3cn(C)cc23)cc2c1CNCC2. The van der Waals surface area contributed by atoms with E-state index in [9.17, 15) is 0 Å². The molecule has 0 saturated heterocycles. The molecule has 1 aromatic heterocycles. The van der Waals surface area contributed by atoms with Crippen molar-refractivity contribution in [3.8, 4) is 0 Å². The van der Waals surface area contributed by atoms with Crippen LogP contribution in [0.25, 0.3) is 10.8 Å². The normalized spacial score (nSPS) is 14.7. The van der Waals surface area contributed by atoms with E-state index < -0.39 is 0 Å². The van der Waals surface area contributed by atoms with Gasteiger partial charge in [-0.1, -0.05) is 58.0 Å². The van der Waals surface area contributed by atoms with E-state index in [2.05, 4.69) is 87.4 Å². The molecule has 142 valence electrons. The number of aromatic nitrogens is 1. The minimum absolute atomic E-state index is 0.0935. The molecule has 0 saturated carbocycles. The third-order valence-electron chi connectivity index (χ3n) is 6.12. The van der Waals surface area contributed by atoms with Gasteiger partial charge in [-0.15, -0.1) is 0 Å². The number of nitrogens with one attached hydrogen (secondary N) is 1. The van der Waals surface area contributed by atoms with Crippen molar-refractivity contribution in [2.45, 2.75) is 58.4 Å². The third kappa shape index (κ3) is 3.43. The summed E-state index contributed by atoms with van der Waals surface area (Å²) in [5, 5.41) is 6.27. The Bertz CT molecular complexity index is 975. The largest absolute Gasteiger partial charge is 0.356 e. The van der Waals surface area contributed by atoms with E-state index in [0.29, 0.717) is 5.92 Å². The molecule has 1 aliphatic heterocycles. The van der Waals surface area contributed by atoms with Gasteiger partial charge in [0.1, 0.15) is 0 Å². The smallest absolute Gasteiger partial charge is 0.0211 e. The van der Waals surface area contributed by atoms with Crippen molar-refractivity contribution in [2.75, 3.05) is 6.54 Å². The summed E-state index contributed by atoms with van der Waals surface area (Å²) >= 11 is 0. The molecule has 1 aliphatic rings. The maximum absolute atomic E-state index is 3.55. The fourth-order valence-electron chi connectivity index (χ4n) is 4.81. The predicted octanol–water partition coefficient (Wildman–Crippen LogP) is 5.47. The number of hydrogen-bond donors (Lipinski definition) is 1. The van der Waals surface area contributed by atoms with E-state index >= 15 is 0 Å². The van der Waals surface area contributed by atoms with Crippen LogP contribution in [-0.4, -0.2) is 11.1 Å². The lowest BCUT2D eigenvalue weighted by molar-refractivity contribution is 0.525. The van der Waals surface area contributed by atoms with Crippen molar-refractivity contribution in [2.24, 2.45) is 7.05 Å². The molecule has 4 rings (SSSR count). The zero-order valence-electron chi connectivity index (χ0n) is 17.4. The van der Waals surface area contributed by atoms with Gasteiger partial charge in [0.2, 0.25) is 0 Å². The fourth-order valence-corrected chi connectivity index (χ4v) is 4.81. The van der Waals surface area contributed by atoms with Gasteiger partial charge in [-0.05, 0) is 63.9 Å². The summed E-state index contributed by atoms with van der Waals surface area (Å²) in [5.74, 6) is 0.569. The van der Waals surface area contributed by atoms with Crippen LogP contribution in [0.3, 0.4) is 0 Å². The van der Waals surface area contributed by atoms with E-state index in [1.807, 2.05) is 0 Å². The minimum Gasteiger partial charge on any atom is -0.356 e. The van der Waals surface area contributed by atoms with E-state index in [1.54, 1.807) is 11.1 Å². The van der Waals surface area contributed by atoms with Crippen LogP contribution in [0, 0.1) is 0 Å². The molecule has 2 nitrogen and oxygen atoms in total. The molecule has 0 aliphatic carbocycles. The minimum atomic E-state index is 0.0935. The number of fused-ring (bicyclic) bond motifs is 2. The quantitative estimate of drug-likeness (QED) is 0.653. The molecular weight excluding hydrogens is 328 g/mol. The topological polar surface area (TPSA) is 17.0 Å². The highest BCUT2D eigenvalue weighted by atomic mass is 14.9. The second-order valence-corrected chi connectivity index (χ2v) is 9.20. The van der Waals surface area contributed by atoms with Crippen molar-refractivity contribution in [1.29, 1.82) is 0 Å². The summed E-state index contributed by atoms with van der Waals surface area (Å²) < 4.78 is 2.17. The molecule has 0 radical (unpaired) electrons. The molecule has 0 bridgehead atoms. The summed E-state index contributed by atoms with van der Waals surface area (Å²) in [7, 11) is 2.11. The zero-order chi connectivity index (χ0) is 19.2. The molecule has 2 heteroatoms. The van der Waals surface area contributed by atoms with Crippen LogP contribution in [0.5, 0.6) is 0 Å². The maximum atomic E-state index is 3.55. The number of benzene rings is 2. The molecule has 0 atom stereocenters. The van der Waals surface area contributed by atoms with Crippen molar-refractivity contribution in [3.63, 3.8) is 0 Å². The lowest BCUT2D eigenvalue weighted by Crippen LogP contribution is -2.26. The van der Waals surface area contributed by atoms with Crippen LogP contribution in [0.4, 0.5) is 0 Å². The third-order valence-corrected chi connectivity index (χ3v) is 6.12. The van der Waals surface area contributed by atoms with Crippen LogP contribution in [0.1, 0.15) is 61.4 Å². The highest BCUT2D eigenvalue weighted by Gasteiger charge is 2.25. The Morgan fingerprint density at radius 1 is 1.15 bits per heavy atom. The first kappa shape index (κ1) is 18.3. The Labute approximate surface area is 163 Å². The molecule has 0 amide bonds. The fraction of sp³-hybridized carbons (Fsp3) is 0.440. The van der Waals surface area contributed by atoms with Crippen LogP contribution in [0.2, 0.25) is 0 Å². The second-order valence-electron chi connectivity index (χ2n) is 9.20. The van der Waals surface area contributed by atoms with Gasteiger partial charge in [-0.3, -0.25) is 0 Å². The van der Waals surface area contributed by atoms with Crippen molar-refractivity contribution in [3.05, 3.63) is 70.5 Å². The van der Waals surface area contributed by atoms with Gasteiger partial charge in [0.15, 0.2) is 0 Å². The molecule has 0 fully saturated rings. The highest BCUT2D eigenvalue weighted by molar-refractivity contribution is 5.86. The van der Waals surface area contributed by atoms with Crippen molar-refractivity contribution < 1.29 is 0 Å². The summed E-state index contributed by atoms with van der Waals surface area (Å²) in [6, 6.07) is 11.7. The van der Waals surface area contributed by atoms with E-state index in [-0.39, 0.29) is 5.41 Å². The molecule has 3 aromatic rings. The van der Waals surface area contributed by atoms with Crippen LogP contribution in [-0.2, 0) is 31.8 Å². The predicted molar refractivity (Wildman–Crippen MR) is 116 cm³/mol. The Morgan fingerprint density at radius 2 is 1.96 bits per heavy atom. The zero-order valence-corrected chi connectivity index (χ0v) is 17.4. The average Bonchev–Trinajstić information content (AvgIpc) is 3.00. The Hall–Kier alpha value is -2.06. The summed E-state index contributed by atoms with van der Waals surface area (Å²) in [5.41, 5.74) is 7.66. The first-order chi connectivity index (χ1) is 12.8. The summed E-state index contributed by atoms with van der Waals surface area (Å²) in [6.07, 6.45) is 6.71. The van der Waals surface area contributed by atoms with Crippen molar-refractivity contribution in [1.82, 2.24) is 9.88 Å². The van der Waals surface area contributed by atoms with Crippen LogP contribution in [0.15, 0.2) is 42.7 Å². The van der Waals surface area contributed by atoms with E-state index in [1.165, 1.54) is 27.5 Å². The van der Waals surface area contributed by atoms with Crippen molar-refractivity contribution >= 4 is 10.8 Å². The first-order valence-corrected chi connectivity index (χ1v) is 10.3. The summed E-state index contributed by atoms with van der Waals surface area (Å²) in [4.78, 5) is 0. The Kier molecular flexibility index (Phi) is 4.63. The molecule has 0 unspecified atom stereocenters. The van der Waals surface area contributed by atoms with Gasteiger partial charge in [0.25, 0.3) is 0 Å². The average molecular weight is 361 g/mol. The molecule has 0 spiro atoms. The number of nitrogens with zero attached hydrogens (tertiary/aromatic N) is 1. The maximum Gasteiger partial charge on any atom is 0.0211 e. The number of rotatable bonds is 4. The lowest BCUT2D eigenvalue weighted by Gasteiger charge is -2.29. The molecule has 27 heavy (non-hydrogen) atoms. The Morgan fingerprint density at radius 3 is 2.74 bits per heavy atom. The van der Waals surface area contributed by atoms with Crippen LogP contribution >= 0.6 is 0 Å². The van der Waals surface area contributed by atoms with Crippen LogP contribution < -0.4 is 5.32 Å². The molecule has 1 N–H and O–H groups in total. The first-order valence-electron chi connectivity index (χ1n) is 10.3. The standard InChI is InChI=1S/C25H32N2/c1-17(2)21-12-18(11-19-9-10-26-14-22(19)21)13-25(3,4)24-8-6-7-20-15-27(5)16-23(20)24/h6-8,11-12,15-17,26H,9-10,13-14H2,1-5H3. The van der Waals surface area contributed by atoms with Gasteiger partial charge in [-0.25, -0.2) is 0 Å². The lowest BCUT2D eigenvalue weighted by atomic mass is 9.76. The summed E-state index contributed by atoms with van der Waals surface area (Å²) in [6.45, 7) is 11.6. The van der Waals surface area contributed by atoms with Gasteiger partial charge in [-0.2, -0.15) is 0 Å². The molecule has 2 heterocycles. The van der Waals surface area contributed by atoms with E-state index in [0.717, 1.165) is 25.9 Å².